The van der Waals surface area contributed by atoms with E-state index in [1.54, 1.807) is 0 Å². The van der Waals surface area contributed by atoms with Crippen molar-refractivity contribution in [3.63, 3.8) is 0 Å². The molecule has 1 amide bonds. The summed E-state index contributed by atoms with van der Waals surface area (Å²) in [5.41, 5.74) is 3.86. The smallest absolute Gasteiger partial charge is 0.324 e. The summed E-state index contributed by atoms with van der Waals surface area (Å²) >= 11 is 0.898. The van der Waals surface area contributed by atoms with Gasteiger partial charge in [0.1, 0.15) is 0 Å². The standard InChI is InChI=1S/C17H18N2O3S/c1-11(13-7-6-12-4-2-3-5-14(12)10-13)18-17(20)15-8-9-16(23-15)19(21)22/h6-11H,2-5H2,1H3,(H,18,20). The van der Waals surface area contributed by atoms with E-state index in [-0.39, 0.29) is 17.0 Å². The Labute approximate surface area is 138 Å². The van der Waals surface area contributed by atoms with E-state index in [9.17, 15) is 14.9 Å². The van der Waals surface area contributed by atoms with Crippen LogP contribution in [0.4, 0.5) is 5.00 Å². The summed E-state index contributed by atoms with van der Waals surface area (Å²) in [7, 11) is 0. The Bertz CT molecular complexity index is 754. The number of hydrogen-bond acceptors (Lipinski definition) is 4. The van der Waals surface area contributed by atoms with Crippen molar-refractivity contribution < 1.29 is 9.72 Å². The summed E-state index contributed by atoms with van der Waals surface area (Å²) < 4.78 is 0. The quantitative estimate of drug-likeness (QED) is 0.679. The zero-order valence-electron chi connectivity index (χ0n) is 12.9. The highest BCUT2D eigenvalue weighted by Crippen LogP contribution is 2.26. The third-order valence-electron chi connectivity index (χ3n) is 4.22. The fourth-order valence-corrected chi connectivity index (χ4v) is 3.65. The number of thiophene rings is 1. The Morgan fingerprint density at radius 3 is 2.65 bits per heavy atom. The van der Waals surface area contributed by atoms with Gasteiger partial charge in [-0.3, -0.25) is 14.9 Å². The lowest BCUT2D eigenvalue weighted by Gasteiger charge is -2.19. The maximum atomic E-state index is 12.2. The van der Waals surface area contributed by atoms with Gasteiger partial charge >= 0.3 is 5.00 Å². The van der Waals surface area contributed by atoms with E-state index < -0.39 is 4.92 Å². The molecule has 2 aromatic rings. The fourth-order valence-electron chi connectivity index (χ4n) is 2.92. The molecular formula is C17H18N2O3S. The molecule has 0 spiro atoms. The summed E-state index contributed by atoms with van der Waals surface area (Å²) in [6.07, 6.45) is 4.70. The predicted molar refractivity (Wildman–Crippen MR) is 89.9 cm³/mol. The first-order valence-electron chi connectivity index (χ1n) is 7.71. The Balaban J connectivity index is 1.71. The molecule has 3 rings (SSSR count). The van der Waals surface area contributed by atoms with E-state index in [1.165, 1.54) is 36.1 Å². The minimum atomic E-state index is -0.478. The monoisotopic (exact) mass is 330 g/mol. The number of nitrogens with zero attached hydrogens (tertiary/aromatic N) is 1. The summed E-state index contributed by atoms with van der Waals surface area (Å²) in [5, 5.41) is 13.6. The second kappa shape index (κ2) is 6.50. The summed E-state index contributed by atoms with van der Waals surface area (Å²) in [4.78, 5) is 22.8. The van der Waals surface area contributed by atoms with E-state index in [1.807, 2.05) is 6.92 Å². The van der Waals surface area contributed by atoms with Gasteiger partial charge in [-0.1, -0.05) is 29.5 Å². The minimum absolute atomic E-state index is 0.0171. The van der Waals surface area contributed by atoms with Crippen LogP contribution in [0, 0.1) is 10.1 Å². The lowest BCUT2D eigenvalue weighted by molar-refractivity contribution is -0.380. The number of carbonyl (C=O) groups excluding carboxylic acids is 1. The minimum Gasteiger partial charge on any atom is -0.345 e. The maximum Gasteiger partial charge on any atom is 0.324 e. The zero-order valence-corrected chi connectivity index (χ0v) is 13.7. The highest BCUT2D eigenvalue weighted by molar-refractivity contribution is 7.17. The van der Waals surface area contributed by atoms with Crippen molar-refractivity contribution in [1.29, 1.82) is 0 Å². The largest absolute Gasteiger partial charge is 0.345 e. The molecule has 1 unspecified atom stereocenters. The third kappa shape index (κ3) is 3.42. The van der Waals surface area contributed by atoms with Crippen LogP contribution in [0.1, 0.15) is 52.2 Å². The molecule has 1 aliphatic rings. The van der Waals surface area contributed by atoms with Gasteiger partial charge in [0, 0.05) is 6.07 Å². The van der Waals surface area contributed by atoms with Crippen LogP contribution >= 0.6 is 11.3 Å². The van der Waals surface area contributed by atoms with Gasteiger partial charge in [-0.15, -0.1) is 0 Å². The third-order valence-corrected chi connectivity index (χ3v) is 5.25. The van der Waals surface area contributed by atoms with Crippen LogP contribution in [0.5, 0.6) is 0 Å². The Morgan fingerprint density at radius 2 is 1.96 bits per heavy atom. The second-order valence-corrected chi connectivity index (χ2v) is 6.89. The summed E-state index contributed by atoms with van der Waals surface area (Å²) in [6, 6.07) is 9.13. The van der Waals surface area contributed by atoms with Crippen molar-refractivity contribution >= 4 is 22.2 Å². The molecule has 1 N–H and O–H groups in total. The number of carbonyl (C=O) groups is 1. The molecule has 0 saturated carbocycles. The molecule has 1 aliphatic carbocycles. The van der Waals surface area contributed by atoms with E-state index in [0.29, 0.717) is 4.88 Å². The van der Waals surface area contributed by atoms with Gasteiger partial charge in [-0.2, -0.15) is 0 Å². The van der Waals surface area contributed by atoms with Crippen molar-refractivity contribution in [2.45, 2.75) is 38.6 Å². The number of nitrogens with one attached hydrogen (secondary N) is 1. The molecule has 0 aliphatic heterocycles. The Hall–Kier alpha value is -2.21. The van der Waals surface area contributed by atoms with Gasteiger partial charge in [-0.25, -0.2) is 0 Å². The van der Waals surface area contributed by atoms with E-state index >= 15 is 0 Å². The van der Waals surface area contributed by atoms with Gasteiger partial charge in [0.25, 0.3) is 5.91 Å². The average molecular weight is 330 g/mol. The van der Waals surface area contributed by atoms with Crippen molar-refractivity contribution in [2.24, 2.45) is 0 Å². The van der Waals surface area contributed by atoms with Crippen LogP contribution < -0.4 is 5.32 Å². The highest BCUT2D eigenvalue weighted by atomic mass is 32.1. The molecule has 120 valence electrons. The molecule has 1 heterocycles. The molecule has 1 atom stereocenters. The Kier molecular flexibility index (Phi) is 4.43. The fraction of sp³-hybridized carbons (Fsp3) is 0.353. The van der Waals surface area contributed by atoms with Crippen LogP contribution in [0.25, 0.3) is 0 Å². The molecule has 0 saturated heterocycles. The molecular weight excluding hydrogens is 312 g/mol. The number of nitro groups is 1. The number of hydrogen-bond donors (Lipinski definition) is 1. The summed E-state index contributed by atoms with van der Waals surface area (Å²) in [5.74, 6) is -0.270. The molecule has 0 fully saturated rings. The molecule has 0 bridgehead atoms. The number of amides is 1. The number of benzene rings is 1. The molecule has 5 nitrogen and oxygen atoms in total. The number of aryl methyl sites for hydroxylation is 2. The first-order chi connectivity index (χ1) is 11.0. The first kappa shape index (κ1) is 15.7. The van der Waals surface area contributed by atoms with Crippen LogP contribution in [0.3, 0.4) is 0 Å². The van der Waals surface area contributed by atoms with Crippen LogP contribution in [0.15, 0.2) is 30.3 Å². The molecule has 23 heavy (non-hydrogen) atoms. The number of fused-ring (bicyclic) bond motifs is 1. The molecule has 6 heteroatoms. The van der Waals surface area contributed by atoms with E-state index in [0.717, 1.165) is 29.7 Å². The molecule has 1 aromatic carbocycles. The van der Waals surface area contributed by atoms with Crippen molar-refractivity contribution in [1.82, 2.24) is 5.32 Å². The maximum absolute atomic E-state index is 12.2. The first-order valence-corrected chi connectivity index (χ1v) is 8.53. The van der Waals surface area contributed by atoms with Crippen LogP contribution in [-0.2, 0) is 12.8 Å². The topological polar surface area (TPSA) is 72.2 Å². The van der Waals surface area contributed by atoms with Crippen LogP contribution in [0.2, 0.25) is 0 Å². The average Bonchev–Trinajstić information content (AvgIpc) is 3.04. The van der Waals surface area contributed by atoms with Crippen molar-refractivity contribution in [3.05, 3.63) is 62.0 Å². The zero-order chi connectivity index (χ0) is 16.4. The lowest BCUT2D eigenvalue weighted by Crippen LogP contribution is -2.26. The highest BCUT2D eigenvalue weighted by Gasteiger charge is 2.18. The normalized spacial score (nSPS) is 14.8. The van der Waals surface area contributed by atoms with Crippen molar-refractivity contribution in [2.75, 3.05) is 0 Å². The van der Waals surface area contributed by atoms with Gasteiger partial charge in [0.15, 0.2) is 0 Å². The predicted octanol–water partition coefficient (Wildman–Crippen LogP) is 4.03. The van der Waals surface area contributed by atoms with E-state index in [2.05, 4.69) is 23.5 Å². The van der Waals surface area contributed by atoms with Gasteiger partial charge < -0.3 is 5.32 Å². The number of rotatable bonds is 4. The second-order valence-electron chi connectivity index (χ2n) is 5.83. The SMILES string of the molecule is CC(NC(=O)c1ccc([N+](=O)[O-])s1)c1ccc2c(c1)CCCC2. The van der Waals surface area contributed by atoms with Gasteiger partial charge in [0.05, 0.1) is 15.8 Å². The van der Waals surface area contributed by atoms with Crippen LogP contribution in [-0.4, -0.2) is 10.8 Å². The van der Waals surface area contributed by atoms with E-state index in [4.69, 9.17) is 0 Å². The van der Waals surface area contributed by atoms with Crippen molar-refractivity contribution in [3.8, 4) is 0 Å². The lowest BCUT2D eigenvalue weighted by atomic mass is 9.89. The molecule has 0 radical (unpaired) electrons. The van der Waals surface area contributed by atoms with Gasteiger partial charge in [0.2, 0.25) is 0 Å². The molecule has 1 aromatic heterocycles. The van der Waals surface area contributed by atoms with Gasteiger partial charge in [-0.05, 0) is 55.4 Å². The summed E-state index contributed by atoms with van der Waals surface area (Å²) in [6.45, 7) is 1.93. The Morgan fingerprint density at radius 1 is 1.22 bits per heavy atom.